The van der Waals surface area contributed by atoms with E-state index in [4.69, 9.17) is 4.74 Å². The van der Waals surface area contributed by atoms with Gasteiger partial charge in [0, 0.05) is 32.0 Å². The minimum atomic E-state index is -0.198. The van der Waals surface area contributed by atoms with Crippen molar-refractivity contribution in [3.63, 3.8) is 0 Å². The first-order valence-electron chi connectivity index (χ1n) is 7.08. The van der Waals surface area contributed by atoms with Crippen molar-refractivity contribution in [2.45, 2.75) is 37.9 Å². The third-order valence-electron chi connectivity index (χ3n) is 3.63. The number of aryl methyl sites for hydroxylation is 1. The van der Waals surface area contributed by atoms with Crippen LogP contribution in [0.15, 0.2) is 12.4 Å². The maximum Gasteiger partial charge on any atom is 0.322 e. The molecular weight excluding hydrogens is 256 g/mol. The Kier molecular flexibility index (Phi) is 5.14. The summed E-state index contributed by atoms with van der Waals surface area (Å²) in [6.07, 6.45) is 6.82. The second kappa shape index (κ2) is 6.85. The summed E-state index contributed by atoms with van der Waals surface area (Å²) in [6.45, 7) is 1.60. The zero-order valence-corrected chi connectivity index (χ0v) is 12.5. The third-order valence-corrected chi connectivity index (χ3v) is 3.63. The van der Waals surface area contributed by atoms with E-state index in [1.54, 1.807) is 6.20 Å². The van der Waals surface area contributed by atoms with E-state index < -0.39 is 0 Å². The van der Waals surface area contributed by atoms with Gasteiger partial charge >= 0.3 is 5.97 Å². The second-order valence-electron chi connectivity index (χ2n) is 5.50. The van der Waals surface area contributed by atoms with Crippen molar-refractivity contribution in [2.75, 3.05) is 20.7 Å². The molecule has 1 aliphatic carbocycles. The zero-order chi connectivity index (χ0) is 14.5. The van der Waals surface area contributed by atoms with Crippen LogP contribution >= 0.6 is 0 Å². The van der Waals surface area contributed by atoms with Crippen molar-refractivity contribution in [2.24, 2.45) is 7.05 Å². The molecule has 1 aromatic heterocycles. The molecule has 0 spiro atoms. The largest absolute Gasteiger partial charge is 0.468 e. The van der Waals surface area contributed by atoms with Crippen molar-refractivity contribution < 1.29 is 9.53 Å². The molecule has 0 bridgehead atoms. The Labute approximate surface area is 120 Å². The van der Waals surface area contributed by atoms with Crippen LogP contribution in [0.1, 0.15) is 25.1 Å². The fraction of sp³-hybridized carbons (Fsp3) is 0.714. The summed E-state index contributed by atoms with van der Waals surface area (Å²) >= 11 is 0. The molecule has 0 radical (unpaired) electrons. The number of nitrogens with one attached hydrogen (secondary N) is 1. The van der Waals surface area contributed by atoms with Gasteiger partial charge in [0.15, 0.2) is 0 Å². The number of nitrogens with zero attached hydrogens (tertiary/aromatic N) is 3. The predicted molar refractivity (Wildman–Crippen MR) is 76.1 cm³/mol. The van der Waals surface area contributed by atoms with E-state index in [0.717, 1.165) is 38.2 Å². The molecule has 1 heterocycles. The van der Waals surface area contributed by atoms with E-state index in [1.165, 1.54) is 7.11 Å². The van der Waals surface area contributed by atoms with Crippen molar-refractivity contribution >= 4 is 5.97 Å². The summed E-state index contributed by atoms with van der Waals surface area (Å²) < 4.78 is 6.87. The SMILES string of the molecule is COC(=O)C(CCN(C)Cc1nccn1C)NC1CC1. The van der Waals surface area contributed by atoms with Crippen LogP contribution in [0.2, 0.25) is 0 Å². The van der Waals surface area contributed by atoms with Gasteiger partial charge in [-0.3, -0.25) is 9.69 Å². The lowest BCUT2D eigenvalue weighted by Crippen LogP contribution is -2.41. The van der Waals surface area contributed by atoms with Crippen LogP contribution in [0.3, 0.4) is 0 Å². The lowest BCUT2D eigenvalue weighted by molar-refractivity contribution is -0.143. The lowest BCUT2D eigenvalue weighted by atomic mass is 10.2. The van der Waals surface area contributed by atoms with Crippen LogP contribution in [-0.4, -0.2) is 53.2 Å². The molecule has 112 valence electrons. The average molecular weight is 280 g/mol. The molecule has 0 aromatic carbocycles. The Morgan fingerprint density at radius 1 is 1.65 bits per heavy atom. The van der Waals surface area contributed by atoms with Gasteiger partial charge in [0.05, 0.1) is 13.7 Å². The summed E-state index contributed by atoms with van der Waals surface area (Å²) in [4.78, 5) is 18.2. The topological polar surface area (TPSA) is 59.4 Å². The van der Waals surface area contributed by atoms with Gasteiger partial charge in [-0.05, 0) is 26.3 Å². The van der Waals surface area contributed by atoms with Gasteiger partial charge < -0.3 is 14.6 Å². The van der Waals surface area contributed by atoms with Crippen molar-refractivity contribution in [3.8, 4) is 0 Å². The number of ether oxygens (including phenoxy) is 1. The summed E-state index contributed by atoms with van der Waals surface area (Å²) in [5.74, 6) is 0.861. The Hall–Kier alpha value is -1.40. The molecule has 1 saturated carbocycles. The molecule has 6 heteroatoms. The monoisotopic (exact) mass is 280 g/mol. The third kappa shape index (κ3) is 4.31. The summed E-state index contributed by atoms with van der Waals surface area (Å²) in [5.41, 5.74) is 0. The number of imidazole rings is 1. The number of carbonyl (C=O) groups excluding carboxylic acids is 1. The smallest absolute Gasteiger partial charge is 0.322 e. The van der Waals surface area contributed by atoms with Gasteiger partial charge in [-0.15, -0.1) is 0 Å². The fourth-order valence-corrected chi connectivity index (χ4v) is 2.16. The normalized spacial score (nSPS) is 16.4. The minimum absolute atomic E-state index is 0.165. The Morgan fingerprint density at radius 3 is 2.95 bits per heavy atom. The summed E-state index contributed by atoms with van der Waals surface area (Å²) in [6, 6.07) is 0.301. The number of aromatic nitrogens is 2. The van der Waals surface area contributed by atoms with Crippen LogP contribution in [0.4, 0.5) is 0 Å². The average Bonchev–Trinajstić information content (AvgIpc) is 3.17. The molecule has 1 N–H and O–H groups in total. The predicted octanol–water partition coefficient (Wildman–Crippen LogP) is 0.536. The highest BCUT2D eigenvalue weighted by atomic mass is 16.5. The molecule has 1 unspecified atom stereocenters. The molecule has 1 fully saturated rings. The number of rotatable bonds is 8. The molecule has 6 nitrogen and oxygen atoms in total. The van der Waals surface area contributed by atoms with Gasteiger partial charge in [-0.25, -0.2) is 4.98 Å². The van der Waals surface area contributed by atoms with Gasteiger partial charge in [0.2, 0.25) is 0 Å². The van der Waals surface area contributed by atoms with Gasteiger partial charge in [0.25, 0.3) is 0 Å². The molecule has 1 atom stereocenters. The number of hydrogen-bond donors (Lipinski definition) is 1. The maximum atomic E-state index is 11.7. The van der Waals surface area contributed by atoms with E-state index >= 15 is 0 Å². The van der Waals surface area contributed by atoms with Crippen molar-refractivity contribution in [1.82, 2.24) is 19.8 Å². The quantitative estimate of drug-likeness (QED) is 0.704. The first-order valence-corrected chi connectivity index (χ1v) is 7.08. The van der Waals surface area contributed by atoms with Crippen LogP contribution in [-0.2, 0) is 23.1 Å². The molecule has 2 rings (SSSR count). The summed E-state index contributed by atoms with van der Waals surface area (Å²) in [7, 11) is 5.48. The second-order valence-corrected chi connectivity index (χ2v) is 5.50. The first kappa shape index (κ1) is 15.0. The number of carbonyl (C=O) groups is 1. The van der Waals surface area contributed by atoms with E-state index in [9.17, 15) is 4.79 Å². The minimum Gasteiger partial charge on any atom is -0.468 e. The molecule has 20 heavy (non-hydrogen) atoms. The highest BCUT2D eigenvalue weighted by Crippen LogP contribution is 2.20. The molecule has 1 aliphatic rings. The van der Waals surface area contributed by atoms with E-state index in [0.29, 0.717) is 6.04 Å². The number of methoxy groups -OCH3 is 1. The standard InChI is InChI=1S/C14H24N4O2/c1-17(10-13-15-7-9-18(13)2)8-6-12(14(19)20-3)16-11-4-5-11/h7,9,11-12,16H,4-6,8,10H2,1-3H3. The van der Waals surface area contributed by atoms with Crippen LogP contribution in [0.25, 0.3) is 0 Å². The molecular formula is C14H24N4O2. The number of esters is 1. The zero-order valence-electron chi connectivity index (χ0n) is 12.5. The highest BCUT2D eigenvalue weighted by Gasteiger charge is 2.28. The van der Waals surface area contributed by atoms with Crippen LogP contribution < -0.4 is 5.32 Å². The summed E-state index contributed by atoms with van der Waals surface area (Å²) in [5, 5.41) is 3.35. The van der Waals surface area contributed by atoms with E-state index in [2.05, 4.69) is 15.2 Å². The Balaban J connectivity index is 1.78. The van der Waals surface area contributed by atoms with Crippen LogP contribution in [0.5, 0.6) is 0 Å². The molecule has 0 amide bonds. The van der Waals surface area contributed by atoms with Gasteiger partial charge in [-0.1, -0.05) is 0 Å². The Morgan fingerprint density at radius 2 is 2.40 bits per heavy atom. The van der Waals surface area contributed by atoms with Crippen molar-refractivity contribution in [3.05, 3.63) is 18.2 Å². The number of hydrogen-bond acceptors (Lipinski definition) is 5. The van der Waals surface area contributed by atoms with Crippen molar-refractivity contribution in [1.29, 1.82) is 0 Å². The van der Waals surface area contributed by atoms with E-state index in [-0.39, 0.29) is 12.0 Å². The highest BCUT2D eigenvalue weighted by molar-refractivity contribution is 5.75. The maximum absolute atomic E-state index is 11.7. The molecule has 0 saturated heterocycles. The lowest BCUT2D eigenvalue weighted by Gasteiger charge is -2.21. The van der Waals surface area contributed by atoms with E-state index in [1.807, 2.05) is 24.9 Å². The van der Waals surface area contributed by atoms with Gasteiger partial charge in [-0.2, -0.15) is 0 Å². The Bertz CT molecular complexity index is 442. The fourth-order valence-electron chi connectivity index (χ4n) is 2.16. The van der Waals surface area contributed by atoms with Gasteiger partial charge in [0.1, 0.15) is 11.9 Å². The first-order chi connectivity index (χ1) is 9.60. The van der Waals surface area contributed by atoms with Crippen LogP contribution in [0, 0.1) is 0 Å². The molecule has 0 aliphatic heterocycles. The molecule has 1 aromatic rings.